The molecule has 0 aliphatic carbocycles. The van der Waals surface area contributed by atoms with Crippen LogP contribution in [0.2, 0.25) is 0 Å². The minimum absolute atomic E-state index is 0.122. The van der Waals surface area contributed by atoms with Crippen LogP contribution >= 0.6 is 0 Å². The number of amides is 1. The van der Waals surface area contributed by atoms with E-state index in [1.54, 1.807) is 18.8 Å². The lowest BCUT2D eigenvalue weighted by molar-refractivity contribution is 0.0941. The Balaban J connectivity index is 1.69. The molecule has 0 bridgehead atoms. The molecular weight excluding hydrogens is 304 g/mol. The van der Waals surface area contributed by atoms with E-state index in [-0.39, 0.29) is 5.91 Å². The van der Waals surface area contributed by atoms with Crippen molar-refractivity contribution in [3.8, 4) is 5.75 Å². The quantitative estimate of drug-likeness (QED) is 0.731. The molecule has 2 N–H and O–H groups in total. The minimum Gasteiger partial charge on any atom is -0.497 e. The first kappa shape index (κ1) is 16.1. The van der Waals surface area contributed by atoms with E-state index in [2.05, 4.69) is 22.3 Å². The summed E-state index contributed by atoms with van der Waals surface area (Å²) in [6, 6.07) is 9.72. The van der Waals surface area contributed by atoms with Crippen LogP contribution in [-0.2, 0) is 20.0 Å². The van der Waals surface area contributed by atoms with Crippen molar-refractivity contribution in [1.29, 1.82) is 0 Å². The van der Waals surface area contributed by atoms with Gasteiger partial charge in [0.25, 0.3) is 5.91 Å². The van der Waals surface area contributed by atoms with Gasteiger partial charge in [-0.05, 0) is 36.8 Å². The SMILES string of the molecule is CCCc1cc(C(=O)NCc2cc3cc(OC)ccc3[nH]2)n(C)n1. The smallest absolute Gasteiger partial charge is 0.269 e. The Morgan fingerprint density at radius 2 is 2.17 bits per heavy atom. The zero-order valence-electron chi connectivity index (χ0n) is 14.2. The highest BCUT2D eigenvalue weighted by Gasteiger charge is 2.13. The summed E-state index contributed by atoms with van der Waals surface area (Å²) in [4.78, 5) is 15.7. The van der Waals surface area contributed by atoms with Gasteiger partial charge in [-0.15, -0.1) is 0 Å². The topological polar surface area (TPSA) is 71.9 Å². The van der Waals surface area contributed by atoms with Crippen molar-refractivity contribution in [2.24, 2.45) is 7.05 Å². The highest BCUT2D eigenvalue weighted by atomic mass is 16.5. The second kappa shape index (κ2) is 6.78. The lowest BCUT2D eigenvalue weighted by Gasteiger charge is -2.03. The summed E-state index contributed by atoms with van der Waals surface area (Å²) in [5, 5.41) is 8.36. The van der Waals surface area contributed by atoms with Gasteiger partial charge < -0.3 is 15.0 Å². The lowest BCUT2D eigenvalue weighted by atomic mass is 10.2. The number of ether oxygens (including phenoxy) is 1. The normalized spacial score (nSPS) is 11.0. The second-order valence-corrected chi connectivity index (χ2v) is 5.82. The van der Waals surface area contributed by atoms with Crippen LogP contribution in [-0.4, -0.2) is 27.8 Å². The van der Waals surface area contributed by atoms with Crippen LogP contribution in [0.3, 0.4) is 0 Å². The maximum Gasteiger partial charge on any atom is 0.269 e. The van der Waals surface area contributed by atoms with Gasteiger partial charge in [-0.2, -0.15) is 5.10 Å². The molecule has 2 aromatic heterocycles. The molecule has 126 valence electrons. The summed E-state index contributed by atoms with van der Waals surface area (Å²) >= 11 is 0. The third kappa shape index (κ3) is 3.27. The van der Waals surface area contributed by atoms with Crippen LogP contribution in [0.1, 0.15) is 35.2 Å². The third-order valence-corrected chi connectivity index (χ3v) is 3.99. The fraction of sp³-hybridized carbons (Fsp3) is 0.333. The highest BCUT2D eigenvalue weighted by Crippen LogP contribution is 2.21. The Bertz CT molecular complexity index is 863. The van der Waals surface area contributed by atoms with Gasteiger partial charge in [0.15, 0.2) is 0 Å². The number of carbonyl (C=O) groups excluding carboxylic acids is 1. The molecule has 0 atom stereocenters. The number of benzene rings is 1. The average Bonchev–Trinajstić information content (AvgIpc) is 3.15. The molecule has 3 aromatic rings. The number of aromatic nitrogens is 3. The maximum absolute atomic E-state index is 12.4. The minimum atomic E-state index is -0.122. The molecule has 0 radical (unpaired) electrons. The van der Waals surface area contributed by atoms with E-state index in [0.717, 1.165) is 40.9 Å². The number of carbonyl (C=O) groups is 1. The van der Waals surface area contributed by atoms with Crippen LogP contribution in [0.15, 0.2) is 30.3 Å². The molecule has 0 saturated heterocycles. The number of H-pyrrole nitrogens is 1. The first-order chi connectivity index (χ1) is 11.6. The first-order valence-corrected chi connectivity index (χ1v) is 8.07. The van der Waals surface area contributed by atoms with Gasteiger partial charge in [-0.25, -0.2) is 0 Å². The van der Waals surface area contributed by atoms with Gasteiger partial charge in [0, 0.05) is 23.6 Å². The van der Waals surface area contributed by atoms with E-state index in [1.807, 2.05) is 30.3 Å². The number of nitrogens with one attached hydrogen (secondary N) is 2. The van der Waals surface area contributed by atoms with Crippen molar-refractivity contribution in [2.75, 3.05) is 7.11 Å². The van der Waals surface area contributed by atoms with Crippen LogP contribution in [0.25, 0.3) is 10.9 Å². The van der Waals surface area contributed by atoms with Crippen LogP contribution in [0, 0.1) is 0 Å². The number of hydrogen-bond acceptors (Lipinski definition) is 3. The molecule has 1 aromatic carbocycles. The van der Waals surface area contributed by atoms with Crippen LogP contribution < -0.4 is 10.1 Å². The summed E-state index contributed by atoms with van der Waals surface area (Å²) in [5.41, 5.74) is 3.49. The number of methoxy groups -OCH3 is 1. The number of rotatable bonds is 6. The Labute approximate surface area is 140 Å². The summed E-state index contributed by atoms with van der Waals surface area (Å²) < 4.78 is 6.86. The molecule has 6 nitrogen and oxygen atoms in total. The number of hydrogen-bond donors (Lipinski definition) is 2. The van der Waals surface area contributed by atoms with Crippen LogP contribution in [0.4, 0.5) is 0 Å². The molecule has 2 heterocycles. The summed E-state index contributed by atoms with van der Waals surface area (Å²) in [7, 11) is 3.44. The summed E-state index contributed by atoms with van der Waals surface area (Å²) in [6.45, 7) is 2.53. The summed E-state index contributed by atoms with van der Waals surface area (Å²) in [6.07, 6.45) is 1.89. The van der Waals surface area contributed by atoms with Gasteiger partial charge in [-0.1, -0.05) is 13.3 Å². The van der Waals surface area contributed by atoms with E-state index >= 15 is 0 Å². The Hall–Kier alpha value is -2.76. The van der Waals surface area contributed by atoms with Gasteiger partial charge in [0.2, 0.25) is 0 Å². The fourth-order valence-corrected chi connectivity index (χ4v) is 2.78. The molecule has 0 unspecified atom stereocenters. The van der Waals surface area contributed by atoms with Gasteiger partial charge in [-0.3, -0.25) is 9.48 Å². The van der Waals surface area contributed by atoms with Crippen molar-refractivity contribution >= 4 is 16.8 Å². The largest absolute Gasteiger partial charge is 0.497 e. The predicted molar refractivity (Wildman–Crippen MR) is 93.2 cm³/mol. The molecule has 6 heteroatoms. The molecule has 1 amide bonds. The first-order valence-electron chi connectivity index (χ1n) is 8.07. The van der Waals surface area contributed by atoms with Gasteiger partial charge in [0.1, 0.15) is 11.4 Å². The average molecular weight is 326 g/mol. The molecule has 3 rings (SSSR count). The van der Waals surface area contributed by atoms with E-state index in [9.17, 15) is 4.79 Å². The Morgan fingerprint density at radius 1 is 1.33 bits per heavy atom. The second-order valence-electron chi connectivity index (χ2n) is 5.82. The molecule has 0 aliphatic heterocycles. The van der Waals surface area contributed by atoms with E-state index in [0.29, 0.717) is 12.2 Å². The van der Waals surface area contributed by atoms with E-state index < -0.39 is 0 Å². The zero-order chi connectivity index (χ0) is 17.1. The maximum atomic E-state index is 12.4. The monoisotopic (exact) mass is 326 g/mol. The third-order valence-electron chi connectivity index (χ3n) is 3.99. The predicted octanol–water partition coefficient (Wildman–Crippen LogP) is 2.79. The number of fused-ring (bicyclic) bond motifs is 1. The zero-order valence-corrected chi connectivity index (χ0v) is 14.2. The Kier molecular flexibility index (Phi) is 4.55. The van der Waals surface area contributed by atoms with Crippen LogP contribution in [0.5, 0.6) is 5.75 Å². The fourth-order valence-electron chi connectivity index (χ4n) is 2.78. The summed E-state index contributed by atoms with van der Waals surface area (Å²) in [5.74, 6) is 0.694. The Morgan fingerprint density at radius 3 is 2.92 bits per heavy atom. The molecule has 0 spiro atoms. The standard InChI is InChI=1S/C18H22N4O2/c1-4-5-13-10-17(22(2)21-13)18(23)19-11-14-8-12-9-15(24-3)6-7-16(12)20-14/h6-10,20H,4-5,11H2,1-3H3,(H,19,23). The number of aryl methyl sites for hydroxylation is 2. The van der Waals surface area contributed by atoms with Crippen molar-refractivity contribution in [3.63, 3.8) is 0 Å². The molecule has 24 heavy (non-hydrogen) atoms. The van der Waals surface area contributed by atoms with Crippen molar-refractivity contribution in [2.45, 2.75) is 26.3 Å². The molecule has 0 aliphatic rings. The molecule has 0 saturated carbocycles. The number of nitrogens with zero attached hydrogens (tertiary/aromatic N) is 2. The lowest BCUT2D eigenvalue weighted by Crippen LogP contribution is -2.25. The van der Waals surface area contributed by atoms with Crippen molar-refractivity contribution in [3.05, 3.63) is 47.4 Å². The van der Waals surface area contributed by atoms with Crippen molar-refractivity contribution < 1.29 is 9.53 Å². The van der Waals surface area contributed by atoms with Crippen molar-refractivity contribution in [1.82, 2.24) is 20.1 Å². The van der Waals surface area contributed by atoms with Gasteiger partial charge >= 0.3 is 0 Å². The molecular formula is C18H22N4O2. The van der Waals surface area contributed by atoms with E-state index in [1.165, 1.54) is 0 Å². The highest BCUT2D eigenvalue weighted by molar-refractivity contribution is 5.92. The van der Waals surface area contributed by atoms with E-state index in [4.69, 9.17) is 4.74 Å². The molecule has 0 fully saturated rings. The number of aromatic amines is 1. The van der Waals surface area contributed by atoms with Gasteiger partial charge in [0.05, 0.1) is 19.3 Å².